The minimum absolute atomic E-state index is 0.0808. The first-order chi connectivity index (χ1) is 13.1. The molecule has 0 N–H and O–H groups in total. The monoisotopic (exact) mass is 389 g/mol. The van der Waals surface area contributed by atoms with Gasteiger partial charge in [0.15, 0.2) is 0 Å². The van der Waals surface area contributed by atoms with Crippen molar-refractivity contribution in [2.24, 2.45) is 11.3 Å². The Hall–Kier alpha value is -2.30. The maximum absolute atomic E-state index is 13.0. The number of hydrogen-bond donors (Lipinski definition) is 0. The Bertz CT molecular complexity index is 840. The van der Waals surface area contributed by atoms with E-state index in [0.29, 0.717) is 24.9 Å². The zero-order chi connectivity index (χ0) is 20.5. The normalized spacial score (nSPS) is 18.4. The predicted molar refractivity (Wildman–Crippen MR) is 105 cm³/mol. The van der Waals surface area contributed by atoms with E-state index in [4.69, 9.17) is 0 Å². The van der Waals surface area contributed by atoms with E-state index in [-0.39, 0.29) is 17.2 Å². The third kappa shape index (κ3) is 4.57. The van der Waals surface area contributed by atoms with E-state index in [2.05, 4.69) is 0 Å². The van der Waals surface area contributed by atoms with Gasteiger partial charge in [-0.1, -0.05) is 49.7 Å². The van der Waals surface area contributed by atoms with Gasteiger partial charge < -0.3 is 4.90 Å². The summed E-state index contributed by atoms with van der Waals surface area (Å²) in [7, 11) is 0. The molecule has 2 nitrogen and oxygen atoms in total. The molecule has 1 saturated heterocycles. The molecular formula is C23H26F3NO. The first kappa shape index (κ1) is 20.4. The largest absolute Gasteiger partial charge is 0.416 e. The second kappa shape index (κ2) is 7.61. The number of alkyl halides is 3. The summed E-state index contributed by atoms with van der Waals surface area (Å²) >= 11 is 0. The molecule has 1 heterocycles. The number of aryl methyl sites for hydroxylation is 1. The molecule has 0 spiro atoms. The molecule has 2 aromatic carbocycles. The smallest absolute Gasteiger partial charge is 0.312 e. The molecule has 1 aliphatic rings. The maximum Gasteiger partial charge on any atom is 0.416 e. The number of piperidine rings is 1. The average Bonchev–Trinajstić information content (AvgIpc) is 2.62. The summed E-state index contributed by atoms with van der Waals surface area (Å²) < 4.78 is 39.0. The predicted octanol–water partition coefficient (Wildman–Crippen LogP) is 6.03. The third-order valence-electron chi connectivity index (χ3n) is 5.79. The summed E-state index contributed by atoms with van der Waals surface area (Å²) in [5.41, 5.74) is 1.83. The average molecular weight is 389 g/mol. The quantitative estimate of drug-likeness (QED) is 0.626. The summed E-state index contributed by atoms with van der Waals surface area (Å²) in [6.45, 7) is 6.74. The highest BCUT2D eigenvalue weighted by atomic mass is 19.4. The zero-order valence-electron chi connectivity index (χ0n) is 16.5. The second-order valence-electron chi connectivity index (χ2n) is 8.43. The fourth-order valence-electron chi connectivity index (χ4n) is 4.03. The number of benzene rings is 2. The highest BCUT2D eigenvalue weighted by Gasteiger charge is 2.37. The van der Waals surface area contributed by atoms with Crippen molar-refractivity contribution >= 4 is 11.6 Å². The molecule has 0 aromatic heterocycles. The minimum atomic E-state index is -4.34. The van der Waals surface area contributed by atoms with Crippen LogP contribution in [0.15, 0.2) is 48.5 Å². The van der Waals surface area contributed by atoms with Crippen LogP contribution in [0, 0.1) is 18.3 Å². The number of rotatable bonds is 4. The number of amides is 1. The fourth-order valence-corrected chi connectivity index (χ4v) is 4.03. The van der Waals surface area contributed by atoms with Crippen LogP contribution in [-0.2, 0) is 17.4 Å². The molecule has 28 heavy (non-hydrogen) atoms. The van der Waals surface area contributed by atoms with Crippen molar-refractivity contribution in [3.05, 3.63) is 65.2 Å². The molecular weight excluding hydrogens is 363 g/mol. The van der Waals surface area contributed by atoms with Gasteiger partial charge in [0.1, 0.15) is 0 Å². The molecule has 3 rings (SSSR count). The Labute approximate surface area is 164 Å². The Morgan fingerprint density at radius 3 is 2.36 bits per heavy atom. The molecule has 150 valence electrons. The van der Waals surface area contributed by atoms with E-state index < -0.39 is 11.7 Å². The molecule has 1 fully saturated rings. The zero-order valence-corrected chi connectivity index (χ0v) is 16.5. The van der Waals surface area contributed by atoms with Gasteiger partial charge >= 0.3 is 6.18 Å². The highest BCUT2D eigenvalue weighted by molar-refractivity contribution is 5.94. The van der Waals surface area contributed by atoms with Crippen LogP contribution in [0.3, 0.4) is 0 Å². The van der Waals surface area contributed by atoms with E-state index in [1.807, 2.05) is 49.9 Å². The van der Waals surface area contributed by atoms with Crippen molar-refractivity contribution in [2.45, 2.75) is 46.2 Å². The number of anilines is 1. The number of nitrogens with zero attached hydrogens (tertiary/aromatic N) is 1. The van der Waals surface area contributed by atoms with E-state index in [1.165, 1.54) is 12.1 Å². The summed E-state index contributed by atoms with van der Waals surface area (Å²) in [5.74, 6) is 0.216. The topological polar surface area (TPSA) is 20.3 Å². The van der Waals surface area contributed by atoms with Gasteiger partial charge in [-0.15, -0.1) is 0 Å². The van der Waals surface area contributed by atoms with Gasteiger partial charge in [-0.25, -0.2) is 0 Å². The van der Waals surface area contributed by atoms with E-state index in [1.54, 1.807) is 6.07 Å². The van der Waals surface area contributed by atoms with Crippen molar-refractivity contribution in [1.29, 1.82) is 0 Å². The number of carbonyl (C=O) groups is 1. The summed E-state index contributed by atoms with van der Waals surface area (Å²) in [5, 5.41) is 0. The van der Waals surface area contributed by atoms with Gasteiger partial charge in [-0.2, -0.15) is 13.2 Å². The SMILES string of the molecule is Cc1ccc(N2CC[C@@H](C(C)(C)Cc3cccc(C(F)(F)F)c3)CC2=O)cc1. The van der Waals surface area contributed by atoms with Crippen LogP contribution in [0.4, 0.5) is 18.9 Å². The van der Waals surface area contributed by atoms with Gasteiger partial charge in [-0.05, 0) is 54.9 Å². The Kier molecular flexibility index (Phi) is 5.55. The lowest BCUT2D eigenvalue weighted by atomic mass is 9.70. The van der Waals surface area contributed by atoms with E-state index in [0.717, 1.165) is 23.7 Å². The lowest BCUT2D eigenvalue weighted by molar-refractivity contribution is -0.137. The number of carbonyl (C=O) groups excluding carboxylic acids is 1. The van der Waals surface area contributed by atoms with Crippen LogP contribution >= 0.6 is 0 Å². The molecule has 5 heteroatoms. The highest BCUT2D eigenvalue weighted by Crippen LogP contribution is 2.40. The van der Waals surface area contributed by atoms with Crippen LogP contribution in [0.5, 0.6) is 0 Å². The Morgan fingerprint density at radius 2 is 1.75 bits per heavy atom. The van der Waals surface area contributed by atoms with Crippen LogP contribution in [0.1, 0.15) is 43.4 Å². The minimum Gasteiger partial charge on any atom is -0.312 e. The van der Waals surface area contributed by atoms with Gasteiger partial charge in [0.2, 0.25) is 5.91 Å². The van der Waals surface area contributed by atoms with Crippen LogP contribution < -0.4 is 4.90 Å². The first-order valence-corrected chi connectivity index (χ1v) is 9.59. The van der Waals surface area contributed by atoms with E-state index >= 15 is 0 Å². The maximum atomic E-state index is 13.0. The fraction of sp³-hybridized carbons (Fsp3) is 0.435. The number of halogens is 3. The van der Waals surface area contributed by atoms with Crippen molar-refractivity contribution in [2.75, 3.05) is 11.4 Å². The second-order valence-corrected chi connectivity index (χ2v) is 8.43. The first-order valence-electron chi connectivity index (χ1n) is 9.59. The van der Waals surface area contributed by atoms with Crippen molar-refractivity contribution in [3.8, 4) is 0 Å². The molecule has 0 unspecified atom stereocenters. The lowest BCUT2D eigenvalue weighted by Crippen LogP contribution is -2.43. The molecule has 1 aliphatic heterocycles. The Morgan fingerprint density at radius 1 is 1.07 bits per heavy atom. The van der Waals surface area contributed by atoms with Crippen LogP contribution in [0.2, 0.25) is 0 Å². The summed E-state index contributed by atoms with van der Waals surface area (Å²) in [6.07, 6.45) is -2.57. The van der Waals surface area contributed by atoms with Crippen molar-refractivity contribution < 1.29 is 18.0 Å². The molecule has 0 radical (unpaired) electrons. The van der Waals surface area contributed by atoms with Gasteiger partial charge in [0.05, 0.1) is 5.56 Å². The molecule has 1 amide bonds. The van der Waals surface area contributed by atoms with Crippen LogP contribution in [-0.4, -0.2) is 12.5 Å². The molecule has 1 atom stereocenters. The van der Waals surface area contributed by atoms with Gasteiger partial charge in [0.25, 0.3) is 0 Å². The van der Waals surface area contributed by atoms with Crippen LogP contribution in [0.25, 0.3) is 0 Å². The van der Waals surface area contributed by atoms with Crippen molar-refractivity contribution in [1.82, 2.24) is 0 Å². The standard InChI is InChI=1S/C23H26F3NO/c1-16-7-9-20(10-8-16)27-12-11-18(14-21(27)28)22(2,3)15-17-5-4-6-19(13-17)23(24,25)26/h4-10,13,18H,11-12,14-15H2,1-3H3/t18-/m1/s1. The lowest BCUT2D eigenvalue weighted by Gasteiger charge is -2.40. The molecule has 0 aliphatic carbocycles. The molecule has 0 saturated carbocycles. The Balaban J connectivity index is 1.70. The van der Waals surface area contributed by atoms with Crippen molar-refractivity contribution in [3.63, 3.8) is 0 Å². The van der Waals surface area contributed by atoms with E-state index in [9.17, 15) is 18.0 Å². The molecule has 0 bridgehead atoms. The number of hydrogen-bond acceptors (Lipinski definition) is 1. The van der Waals surface area contributed by atoms with Gasteiger partial charge in [0, 0.05) is 18.7 Å². The van der Waals surface area contributed by atoms with Gasteiger partial charge in [-0.3, -0.25) is 4.79 Å². The third-order valence-corrected chi connectivity index (χ3v) is 5.79. The summed E-state index contributed by atoms with van der Waals surface area (Å²) in [4.78, 5) is 14.6. The summed E-state index contributed by atoms with van der Waals surface area (Å²) in [6, 6.07) is 13.4. The molecule has 2 aromatic rings.